The van der Waals surface area contributed by atoms with Gasteiger partial charge in [0.15, 0.2) is 0 Å². The van der Waals surface area contributed by atoms with Gasteiger partial charge in [0.25, 0.3) is 0 Å². The van der Waals surface area contributed by atoms with Gasteiger partial charge in [-0.05, 0) is 39.2 Å². The van der Waals surface area contributed by atoms with Crippen molar-refractivity contribution in [1.82, 2.24) is 5.32 Å². The van der Waals surface area contributed by atoms with Gasteiger partial charge in [-0.1, -0.05) is 0 Å². The number of hydrogen-bond acceptors (Lipinski definition) is 4. The number of hydrogen-bond donors (Lipinski definition) is 1. The van der Waals surface area contributed by atoms with Crippen molar-refractivity contribution in [1.29, 1.82) is 0 Å². The van der Waals surface area contributed by atoms with Gasteiger partial charge in [-0.15, -0.1) is 0 Å². The molecule has 4 nitrogen and oxygen atoms in total. The highest BCUT2D eigenvalue weighted by Crippen LogP contribution is 2.27. The molecule has 1 aliphatic heterocycles. The number of ether oxygens (including phenoxy) is 3. The van der Waals surface area contributed by atoms with Gasteiger partial charge >= 0.3 is 0 Å². The zero-order chi connectivity index (χ0) is 12.1. The third-order valence-electron chi connectivity index (χ3n) is 3.80. The lowest BCUT2D eigenvalue weighted by atomic mass is 9.85. The van der Waals surface area contributed by atoms with Crippen LogP contribution < -0.4 is 5.32 Å². The first-order valence-corrected chi connectivity index (χ1v) is 6.84. The SMILES string of the molecule is CCOC1CC(NCCC2CCCO2)C1OC. The highest BCUT2D eigenvalue weighted by atomic mass is 16.5. The van der Waals surface area contributed by atoms with Crippen LogP contribution in [0.25, 0.3) is 0 Å². The highest BCUT2D eigenvalue weighted by Gasteiger charge is 2.41. The third-order valence-corrected chi connectivity index (χ3v) is 3.80. The molecular formula is C13H25NO3. The van der Waals surface area contributed by atoms with Gasteiger partial charge in [0.05, 0.1) is 18.3 Å². The van der Waals surface area contributed by atoms with Crippen molar-refractivity contribution in [3.63, 3.8) is 0 Å². The topological polar surface area (TPSA) is 39.7 Å². The fourth-order valence-electron chi connectivity index (χ4n) is 2.78. The first-order chi connectivity index (χ1) is 8.35. The van der Waals surface area contributed by atoms with Crippen LogP contribution in [0.2, 0.25) is 0 Å². The molecule has 2 fully saturated rings. The molecule has 4 unspecified atom stereocenters. The lowest BCUT2D eigenvalue weighted by molar-refractivity contribution is -0.131. The van der Waals surface area contributed by atoms with Gasteiger partial charge in [-0.3, -0.25) is 0 Å². The Labute approximate surface area is 104 Å². The Morgan fingerprint density at radius 1 is 1.41 bits per heavy atom. The van der Waals surface area contributed by atoms with E-state index in [1.54, 1.807) is 7.11 Å². The molecule has 0 amide bonds. The van der Waals surface area contributed by atoms with E-state index in [1.807, 2.05) is 6.92 Å². The summed E-state index contributed by atoms with van der Waals surface area (Å²) in [7, 11) is 1.77. The van der Waals surface area contributed by atoms with E-state index in [4.69, 9.17) is 14.2 Å². The predicted molar refractivity (Wildman–Crippen MR) is 66.2 cm³/mol. The minimum absolute atomic E-state index is 0.222. The van der Waals surface area contributed by atoms with Crippen LogP contribution in [0.5, 0.6) is 0 Å². The summed E-state index contributed by atoms with van der Waals surface area (Å²) in [4.78, 5) is 0. The summed E-state index contributed by atoms with van der Waals surface area (Å²) in [5.41, 5.74) is 0. The Hall–Kier alpha value is -0.160. The van der Waals surface area contributed by atoms with E-state index in [2.05, 4.69) is 5.32 Å². The summed E-state index contributed by atoms with van der Waals surface area (Å²) < 4.78 is 16.7. The van der Waals surface area contributed by atoms with E-state index in [-0.39, 0.29) is 12.2 Å². The molecule has 1 saturated carbocycles. The molecule has 0 spiro atoms. The maximum absolute atomic E-state index is 5.60. The molecule has 1 heterocycles. The second kappa shape index (κ2) is 6.69. The predicted octanol–water partition coefficient (Wildman–Crippen LogP) is 1.34. The van der Waals surface area contributed by atoms with E-state index < -0.39 is 0 Å². The Morgan fingerprint density at radius 2 is 2.29 bits per heavy atom. The van der Waals surface area contributed by atoms with Crippen LogP contribution in [-0.2, 0) is 14.2 Å². The molecule has 4 heteroatoms. The van der Waals surface area contributed by atoms with Crippen molar-refractivity contribution in [2.45, 2.75) is 57.0 Å². The molecule has 2 rings (SSSR count). The number of methoxy groups -OCH3 is 1. The van der Waals surface area contributed by atoms with Crippen LogP contribution >= 0.6 is 0 Å². The van der Waals surface area contributed by atoms with Crippen molar-refractivity contribution in [3.8, 4) is 0 Å². The van der Waals surface area contributed by atoms with Crippen molar-refractivity contribution in [2.75, 3.05) is 26.9 Å². The molecule has 100 valence electrons. The van der Waals surface area contributed by atoms with Gasteiger partial charge in [-0.25, -0.2) is 0 Å². The summed E-state index contributed by atoms with van der Waals surface area (Å²) in [6, 6.07) is 0.456. The largest absolute Gasteiger partial charge is 0.378 e. The van der Waals surface area contributed by atoms with Gasteiger partial charge < -0.3 is 19.5 Å². The van der Waals surface area contributed by atoms with Gasteiger partial charge in [0, 0.05) is 26.4 Å². The molecule has 17 heavy (non-hydrogen) atoms. The zero-order valence-electron chi connectivity index (χ0n) is 11.0. The smallest absolute Gasteiger partial charge is 0.0986 e. The van der Waals surface area contributed by atoms with Crippen LogP contribution in [0, 0.1) is 0 Å². The molecule has 0 aromatic heterocycles. The molecule has 0 bridgehead atoms. The molecule has 0 aromatic rings. The Balaban J connectivity index is 1.59. The van der Waals surface area contributed by atoms with Crippen LogP contribution in [0.1, 0.15) is 32.6 Å². The standard InChI is InChI=1S/C13H25NO3/c1-3-16-12-9-11(13(12)15-2)14-7-6-10-5-4-8-17-10/h10-14H,3-9H2,1-2H3. The quantitative estimate of drug-likeness (QED) is 0.732. The fourth-order valence-corrected chi connectivity index (χ4v) is 2.78. The maximum atomic E-state index is 5.60. The molecule has 0 aromatic carbocycles. The summed E-state index contributed by atoms with van der Waals surface area (Å²) in [6.07, 6.45) is 5.61. The minimum Gasteiger partial charge on any atom is -0.378 e. The van der Waals surface area contributed by atoms with E-state index in [0.29, 0.717) is 12.1 Å². The Morgan fingerprint density at radius 3 is 2.94 bits per heavy atom. The average molecular weight is 243 g/mol. The van der Waals surface area contributed by atoms with E-state index in [0.717, 1.165) is 32.6 Å². The fraction of sp³-hybridized carbons (Fsp3) is 1.00. The van der Waals surface area contributed by atoms with Gasteiger partial charge in [0.2, 0.25) is 0 Å². The highest BCUT2D eigenvalue weighted by molar-refractivity contribution is 4.97. The zero-order valence-corrected chi connectivity index (χ0v) is 11.0. The van der Waals surface area contributed by atoms with Gasteiger partial charge in [0.1, 0.15) is 0 Å². The number of rotatable bonds is 7. The van der Waals surface area contributed by atoms with Crippen LogP contribution in [0.3, 0.4) is 0 Å². The second-order valence-electron chi connectivity index (χ2n) is 4.91. The van der Waals surface area contributed by atoms with Crippen molar-refractivity contribution >= 4 is 0 Å². The normalized spacial score (nSPS) is 37.1. The van der Waals surface area contributed by atoms with Crippen molar-refractivity contribution in [2.24, 2.45) is 0 Å². The van der Waals surface area contributed by atoms with E-state index >= 15 is 0 Å². The number of nitrogens with one attached hydrogen (secondary N) is 1. The summed E-state index contributed by atoms with van der Waals surface area (Å²) in [6.45, 7) is 4.77. The van der Waals surface area contributed by atoms with Crippen LogP contribution in [0.15, 0.2) is 0 Å². The van der Waals surface area contributed by atoms with E-state index in [1.165, 1.54) is 12.8 Å². The Kier molecular flexibility index (Phi) is 5.22. The first kappa shape index (κ1) is 13.3. The van der Waals surface area contributed by atoms with Crippen LogP contribution in [-0.4, -0.2) is 51.2 Å². The molecular weight excluding hydrogens is 218 g/mol. The van der Waals surface area contributed by atoms with Gasteiger partial charge in [-0.2, -0.15) is 0 Å². The van der Waals surface area contributed by atoms with Crippen molar-refractivity contribution in [3.05, 3.63) is 0 Å². The van der Waals surface area contributed by atoms with Crippen molar-refractivity contribution < 1.29 is 14.2 Å². The van der Waals surface area contributed by atoms with Crippen LogP contribution in [0.4, 0.5) is 0 Å². The first-order valence-electron chi connectivity index (χ1n) is 6.84. The average Bonchev–Trinajstić information content (AvgIpc) is 2.80. The second-order valence-corrected chi connectivity index (χ2v) is 4.91. The monoisotopic (exact) mass is 243 g/mol. The third kappa shape index (κ3) is 3.41. The molecule has 1 N–H and O–H groups in total. The molecule has 1 saturated heterocycles. The molecule has 4 atom stereocenters. The lowest BCUT2D eigenvalue weighted by Gasteiger charge is -2.43. The molecule has 2 aliphatic rings. The molecule has 0 radical (unpaired) electrons. The minimum atomic E-state index is 0.222. The maximum Gasteiger partial charge on any atom is 0.0986 e. The lowest BCUT2D eigenvalue weighted by Crippen LogP contribution is -2.60. The summed E-state index contributed by atoms with van der Waals surface area (Å²) in [5.74, 6) is 0. The van der Waals surface area contributed by atoms with E-state index in [9.17, 15) is 0 Å². The summed E-state index contributed by atoms with van der Waals surface area (Å²) in [5, 5.41) is 3.55. The molecule has 1 aliphatic carbocycles. The summed E-state index contributed by atoms with van der Waals surface area (Å²) >= 11 is 0. The Bertz CT molecular complexity index is 219.